The summed E-state index contributed by atoms with van der Waals surface area (Å²) in [4.78, 5) is 23.8. The van der Waals surface area contributed by atoms with E-state index < -0.39 is 5.97 Å². The second kappa shape index (κ2) is 5.72. The molecule has 0 saturated carbocycles. The summed E-state index contributed by atoms with van der Waals surface area (Å²) in [5.74, 6) is -0.266. The molecule has 0 spiro atoms. The van der Waals surface area contributed by atoms with Gasteiger partial charge in [0.2, 0.25) is 0 Å². The summed E-state index contributed by atoms with van der Waals surface area (Å²) in [6.07, 6.45) is 1.63. The van der Waals surface area contributed by atoms with Crippen LogP contribution in [-0.4, -0.2) is 41.1 Å². The van der Waals surface area contributed by atoms with Crippen LogP contribution in [0.25, 0.3) is 0 Å². The lowest BCUT2D eigenvalue weighted by molar-refractivity contribution is -0.137. The molecular formula is C11H20N2O3. The van der Waals surface area contributed by atoms with E-state index in [1.807, 2.05) is 11.8 Å². The number of likely N-dealkylation sites (tertiary alicyclic amines) is 1. The Balaban J connectivity index is 2.22. The van der Waals surface area contributed by atoms with Gasteiger partial charge in [0.1, 0.15) is 0 Å². The van der Waals surface area contributed by atoms with Crippen LogP contribution in [0.1, 0.15) is 33.1 Å². The van der Waals surface area contributed by atoms with Crippen molar-refractivity contribution in [3.8, 4) is 0 Å². The summed E-state index contributed by atoms with van der Waals surface area (Å²) in [6, 6.07) is 0.219. The van der Waals surface area contributed by atoms with Crippen molar-refractivity contribution < 1.29 is 14.7 Å². The van der Waals surface area contributed by atoms with Gasteiger partial charge in [-0.3, -0.25) is 4.79 Å². The lowest BCUT2D eigenvalue weighted by Gasteiger charge is -2.21. The Morgan fingerprint density at radius 3 is 2.62 bits per heavy atom. The summed E-state index contributed by atoms with van der Waals surface area (Å²) < 4.78 is 0. The van der Waals surface area contributed by atoms with Gasteiger partial charge in [-0.1, -0.05) is 6.92 Å². The standard InChI is InChI=1S/C11H20N2O3/c1-8-6-9(2)13(7-8)11(16)12-5-3-4-10(14)15/h8-9H,3-7H2,1-2H3,(H,12,16)(H,14,15). The van der Waals surface area contributed by atoms with Crippen LogP contribution in [0.5, 0.6) is 0 Å². The largest absolute Gasteiger partial charge is 0.481 e. The number of nitrogens with zero attached hydrogens (tertiary/aromatic N) is 1. The first-order valence-corrected chi connectivity index (χ1v) is 5.77. The summed E-state index contributed by atoms with van der Waals surface area (Å²) >= 11 is 0. The van der Waals surface area contributed by atoms with Gasteiger partial charge in [-0.25, -0.2) is 4.79 Å². The number of carboxylic acid groups (broad SMARTS) is 1. The Labute approximate surface area is 95.8 Å². The zero-order valence-corrected chi connectivity index (χ0v) is 9.90. The molecule has 16 heavy (non-hydrogen) atoms. The van der Waals surface area contributed by atoms with Crippen molar-refractivity contribution in [2.45, 2.75) is 39.2 Å². The van der Waals surface area contributed by atoms with Gasteiger partial charge in [-0.15, -0.1) is 0 Å². The van der Waals surface area contributed by atoms with Crippen molar-refractivity contribution in [1.29, 1.82) is 0 Å². The molecule has 1 aliphatic rings. The fourth-order valence-electron chi connectivity index (χ4n) is 2.12. The Morgan fingerprint density at radius 2 is 2.12 bits per heavy atom. The molecule has 0 bridgehead atoms. The molecule has 1 heterocycles. The number of urea groups is 1. The first kappa shape index (κ1) is 12.8. The van der Waals surface area contributed by atoms with E-state index in [2.05, 4.69) is 12.2 Å². The molecule has 0 aromatic rings. The number of aliphatic carboxylic acids is 1. The molecule has 2 N–H and O–H groups in total. The summed E-state index contributed by atoms with van der Waals surface area (Å²) in [7, 11) is 0. The Kier molecular flexibility index (Phi) is 4.58. The van der Waals surface area contributed by atoms with E-state index in [0.717, 1.165) is 13.0 Å². The smallest absolute Gasteiger partial charge is 0.317 e. The molecule has 2 amide bonds. The van der Waals surface area contributed by atoms with Gasteiger partial charge >= 0.3 is 12.0 Å². The van der Waals surface area contributed by atoms with Gasteiger partial charge in [0, 0.05) is 25.6 Å². The highest BCUT2D eigenvalue weighted by molar-refractivity contribution is 5.75. The van der Waals surface area contributed by atoms with Gasteiger partial charge in [0.25, 0.3) is 0 Å². The molecule has 0 aliphatic carbocycles. The summed E-state index contributed by atoms with van der Waals surface area (Å²) in [6.45, 7) is 5.41. The molecule has 2 unspecified atom stereocenters. The molecule has 0 aromatic heterocycles. The van der Waals surface area contributed by atoms with E-state index >= 15 is 0 Å². The maximum absolute atomic E-state index is 11.7. The lowest BCUT2D eigenvalue weighted by Crippen LogP contribution is -2.42. The average molecular weight is 228 g/mol. The molecule has 92 valence electrons. The van der Waals surface area contributed by atoms with Crippen LogP contribution >= 0.6 is 0 Å². The van der Waals surface area contributed by atoms with E-state index in [-0.39, 0.29) is 18.5 Å². The van der Waals surface area contributed by atoms with Crippen molar-refractivity contribution >= 4 is 12.0 Å². The van der Waals surface area contributed by atoms with Crippen molar-refractivity contribution in [1.82, 2.24) is 10.2 Å². The van der Waals surface area contributed by atoms with Crippen LogP contribution in [0.15, 0.2) is 0 Å². The highest BCUT2D eigenvalue weighted by Gasteiger charge is 2.29. The average Bonchev–Trinajstić information content (AvgIpc) is 2.52. The fraction of sp³-hybridized carbons (Fsp3) is 0.818. The van der Waals surface area contributed by atoms with E-state index in [1.165, 1.54) is 0 Å². The zero-order valence-electron chi connectivity index (χ0n) is 9.90. The molecule has 5 nitrogen and oxygen atoms in total. The third-order valence-electron chi connectivity index (χ3n) is 2.89. The van der Waals surface area contributed by atoms with Crippen LogP contribution in [0.2, 0.25) is 0 Å². The first-order chi connectivity index (χ1) is 7.50. The number of carbonyl (C=O) groups excluding carboxylic acids is 1. The Bertz CT molecular complexity index is 268. The number of amides is 2. The van der Waals surface area contributed by atoms with Crippen molar-refractivity contribution in [3.63, 3.8) is 0 Å². The van der Waals surface area contributed by atoms with Crippen molar-refractivity contribution in [3.05, 3.63) is 0 Å². The number of carboxylic acids is 1. The van der Waals surface area contributed by atoms with Crippen LogP contribution in [-0.2, 0) is 4.79 Å². The van der Waals surface area contributed by atoms with E-state index in [4.69, 9.17) is 5.11 Å². The van der Waals surface area contributed by atoms with E-state index in [9.17, 15) is 9.59 Å². The van der Waals surface area contributed by atoms with Crippen LogP contribution in [0.4, 0.5) is 4.79 Å². The van der Waals surface area contributed by atoms with Gasteiger partial charge < -0.3 is 15.3 Å². The van der Waals surface area contributed by atoms with Crippen molar-refractivity contribution in [2.24, 2.45) is 5.92 Å². The van der Waals surface area contributed by atoms with Crippen molar-refractivity contribution in [2.75, 3.05) is 13.1 Å². The Hall–Kier alpha value is -1.26. The van der Waals surface area contributed by atoms with Crippen LogP contribution in [0, 0.1) is 5.92 Å². The second-order valence-electron chi connectivity index (χ2n) is 4.57. The molecule has 5 heteroatoms. The zero-order chi connectivity index (χ0) is 12.1. The molecule has 0 radical (unpaired) electrons. The van der Waals surface area contributed by atoms with Gasteiger partial charge in [-0.2, -0.15) is 0 Å². The fourth-order valence-corrected chi connectivity index (χ4v) is 2.12. The molecule has 0 aromatic carbocycles. The third-order valence-corrected chi connectivity index (χ3v) is 2.89. The molecule has 1 fully saturated rings. The number of hydrogen-bond acceptors (Lipinski definition) is 2. The maximum Gasteiger partial charge on any atom is 0.317 e. The third kappa shape index (κ3) is 3.72. The predicted molar refractivity (Wildman–Crippen MR) is 60.2 cm³/mol. The molecule has 1 rings (SSSR count). The quantitative estimate of drug-likeness (QED) is 0.712. The summed E-state index contributed by atoms with van der Waals surface area (Å²) in [5.41, 5.74) is 0. The highest BCUT2D eigenvalue weighted by Crippen LogP contribution is 2.21. The number of carbonyl (C=O) groups is 2. The van der Waals surface area contributed by atoms with Crippen LogP contribution in [0.3, 0.4) is 0 Å². The summed E-state index contributed by atoms with van der Waals surface area (Å²) in [5, 5.41) is 11.2. The number of rotatable bonds is 4. The number of nitrogens with one attached hydrogen (secondary N) is 1. The molecular weight excluding hydrogens is 208 g/mol. The lowest BCUT2D eigenvalue weighted by atomic mass is 10.1. The Morgan fingerprint density at radius 1 is 1.44 bits per heavy atom. The normalized spacial score (nSPS) is 24.5. The molecule has 1 saturated heterocycles. The topological polar surface area (TPSA) is 69.6 Å². The second-order valence-corrected chi connectivity index (χ2v) is 4.57. The van der Waals surface area contributed by atoms with E-state index in [1.54, 1.807) is 0 Å². The highest BCUT2D eigenvalue weighted by atomic mass is 16.4. The van der Waals surface area contributed by atoms with Gasteiger partial charge in [-0.05, 0) is 25.7 Å². The van der Waals surface area contributed by atoms with E-state index in [0.29, 0.717) is 18.9 Å². The van der Waals surface area contributed by atoms with Gasteiger partial charge in [0.05, 0.1) is 0 Å². The monoisotopic (exact) mass is 228 g/mol. The molecule has 1 aliphatic heterocycles. The SMILES string of the molecule is CC1CC(C)N(C(=O)NCCCC(=O)O)C1. The number of hydrogen-bond donors (Lipinski definition) is 2. The minimum atomic E-state index is -0.822. The maximum atomic E-state index is 11.7. The first-order valence-electron chi connectivity index (χ1n) is 5.77. The minimum absolute atomic E-state index is 0.0674. The van der Waals surface area contributed by atoms with Crippen LogP contribution < -0.4 is 5.32 Å². The minimum Gasteiger partial charge on any atom is -0.481 e. The molecule has 2 atom stereocenters. The predicted octanol–water partition coefficient (Wildman–Crippen LogP) is 1.29. The van der Waals surface area contributed by atoms with Gasteiger partial charge in [0.15, 0.2) is 0 Å².